The number of hydrogen-bond donors (Lipinski definition) is 1. The van der Waals surface area contributed by atoms with Crippen molar-refractivity contribution in [3.05, 3.63) is 24.3 Å². The molecule has 88 valence electrons. The summed E-state index contributed by atoms with van der Waals surface area (Å²) in [6.45, 7) is 8.72. The fourth-order valence-corrected chi connectivity index (χ4v) is 1.66. The maximum atomic E-state index is 3.39. The van der Waals surface area contributed by atoms with E-state index in [0.717, 1.165) is 19.5 Å². The first-order valence-electron chi connectivity index (χ1n) is 5.87. The molecule has 0 atom stereocenters. The number of allylic oxidation sites excluding steroid dienone is 3. The predicted molar refractivity (Wildman–Crippen MR) is 73.6 cm³/mol. The van der Waals surface area contributed by atoms with Gasteiger partial charge in [0, 0.05) is 18.8 Å². The Morgan fingerprint density at radius 2 is 2.00 bits per heavy atom. The zero-order chi connectivity index (χ0) is 11.4. The van der Waals surface area contributed by atoms with E-state index in [9.17, 15) is 0 Å². The van der Waals surface area contributed by atoms with E-state index in [0.29, 0.717) is 5.92 Å². The van der Waals surface area contributed by atoms with Gasteiger partial charge in [-0.1, -0.05) is 45.1 Å². The van der Waals surface area contributed by atoms with E-state index in [4.69, 9.17) is 0 Å². The molecular weight excluding hydrogens is 202 g/mol. The van der Waals surface area contributed by atoms with Gasteiger partial charge in [-0.3, -0.25) is 0 Å². The van der Waals surface area contributed by atoms with E-state index in [1.165, 1.54) is 11.5 Å². The summed E-state index contributed by atoms with van der Waals surface area (Å²) in [5.41, 5.74) is 0. The van der Waals surface area contributed by atoms with Crippen LogP contribution in [0.3, 0.4) is 0 Å². The number of rotatable bonds is 9. The average molecular weight is 227 g/mol. The molecule has 0 aromatic rings. The van der Waals surface area contributed by atoms with E-state index < -0.39 is 0 Å². The van der Waals surface area contributed by atoms with E-state index >= 15 is 0 Å². The second kappa shape index (κ2) is 11.9. The largest absolute Gasteiger partial charge is 0.312 e. The number of nitrogens with one attached hydrogen (secondary N) is 1. The van der Waals surface area contributed by atoms with Crippen molar-refractivity contribution in [2.75, 3.05) is 24.6 Å². The Kier molecular flexibility index (Phi) is 11.7. The molecule has 0 amide bonds. The molecule has 0 radical (unpaired) electrons. The van der Waals surface area contributed by atoms with E-state index in [2.05, 4.69) is 50.4 Å². The molecule has 0 aliphatic carbocycles. The zero-order valence-electron chi connectivity index (χ0n) is 10.3. The van der Waals surface area contributed by atoms with Crippen LogP contribution in [-0.4, -0.2) is 24.6 Å². The zero-order valence-corrected chi connectivity index (χ0v) is 11.1. The molecule has 15 heavy (non-hydrogen) atoms. The summed E-state index contributed by atoms with van der Waals surface area (Å²) in [4.78, 5) is 0. The minimum atomic E-state index is 0.669. The van der Waals surface area contributed by atoms with Crippen LogP contribution in [0.25, 0.3) is 0 Å². The van der Waals surface area contributed by atoms with Crippen molar-refractivity contribution in [1.29, 1.82) is 0 Å². The van der Waals surface area contributed by atoms with Gasteiger partial charge >= 0.3 is 0 Å². The van der Waals surface area contributed by atoms with Crippen LogP contribution in [0.15, 0.2) is 24.3 Å². The minimum absolute atomic E-state index is 0.669. The lowest BCUT2D eigenvalue weighted by molar-refractivity contribution is 0.804. The molecule has 0 unspecified atom stereocenters. The van der Waals surface area contributed by atoms with Gasteiger partial charge in [0.05, 0.1) is 0 Å². The van der Waals surface area contributed by atoms with E-state index in [1.54, 1.807) is 0 Å². The second-order valence-corrected chi connectivity index (χ2v) is 5.17. The van der Waals surface area contributed by atoms with Crippen molar-refractivity contribution in [2.24, 2.45) is 5.92 Å². The Morgan fingerprint density at radius 1 is 1.20 bits per heavy atom. The van der Waals surface area contributed by atoms with Crippen molar-refractivity contribution in [3.63, 3.8) is 0 Å². The highest BCUT2D eigenvalue weighted by Gasteiger charge is 1.84. The Morgan fingerprint density at radius 3 is 2.67 bits per heavy atom. The molecule has 0 rings (SSSR count). The lowest BCUT2D eigenvalue weighted by atomic mass is 10.2. The molecule has 2 heteroatoms. The summed E-state index contributed by atoms with van der Waals surface area (Å²) >= 11 is 1.99. The molecule has 0 aliphatic rings. The molecule has 0 aliphatic heterocycles. The fraction of sp³-hybridized carbons (Fsp3) is 0.692. The highest BCUT2D eigenvalue weighted by Crippen LogP contribution is 1.96. The fourth-order valence-electron chi connectivity index (χ4n) is 1.08. The summed E-state index contributed by atoms with van der Waals surface area (Å²) in [5.74, 6) is 3.11. The highest BCUT2D eigenvalue weighted by atomic mass is 32.2. The average Bonchev–Trinajstić information content (AvgIpc) is 2.20. The van der Waals surface area contributed by atoms with Gasteiger partial charge in [0.25, 0.3) is 0 Å². The highest BCUT2D eigenvalue weighted by molar-refractivity contribution is 7.99. The van der Waals surface area contributed by atoms with Crippen molar-refractivity contribution in [2.45, 2.75) is 27.2 Å². The molecule has 0 saturated carbocycles. The molecule has 0 bridgehead atoms. The SMILES string of the molecule is CCSCCNC/C=C/C/C=C/C(C)C. The second-order valence-electron chi connectivity index (χ2n) is 3.78. The van der Waals surface area contributed by atoms with Gasteiger partial charge < -0.3 is 5.32 Å². The van der Waals surface area contributed by atoms with Gasteiger partial charge in [-0.25, -0.2) is 0 Å². The standard InChI is InChI=1S/C13H25NS/c1-4-15-12-11-14-10-8-6-5-7-9-13(2)3/h6-9,13-14H,4-5,10-12H2,1-3H3/b8-6+,9-7+. The summed E-state index contributed by atoms with van der Waals surface area (Å²) in [6, 6.07) is 0. The molecule has 0 aromatic heterocycles. The van der Waals surface area contributed by atoms with Crippen LogP contribution < -0.4 is 5.32 Å². The summed E-state index contributed by atoms with van der Waals surface area (Å²) in [6.07, 6.45) is 9.97. The summed E-state index contributed by atoms with van der Waals surface area (Å²) < 4.78 is 0. The molecule has 1 nitrogen and oxygen atoms in total. The van der Waals surface area contributed by atoms with E-state index in [1.807, 2.05) is 11.8 Å². The van der Waals surface area contributed by atoms with Gasteiger partial charge in [0.1, 0.15) is 0 Å². The van der Waals surface area contributed by atoms with Crippen LogP contribution in [-0.2, 0) is 0 Å². The van der Waals surface area contributed by atoms with Crippen LogP contribution in [0.4, 0.5) is 0 Å². The summed E-state index contributed by atoms with van der Waals surface area (Å²) in [5, 5.41) is 3.39. The van der Waals surface area contributed by atoms with Gasteiger partial charge in [0.15, 0.2) is 0 Å². The van der Waals surface area contributed by atoms with Crippen LogP contribution >= 0.6 is 11.8 Å². The quantitative estimate of drug-likeness (QED) is 0.478. The number of hydrogen-bond acceptors (Lipinski definition) is 2. The number of thioether (sulfide) groups is 1. The third-order valence-corrected chi connectivity index (χ3v) is 2.75. The first-order valence-corrected chi connectivity index (χ1v) is 7.03. The maximum Gasteiger partial charge on any atom is 0.0135 e. The van der Waals surface area contributed by atoms with E-state index in [-0.39, 0.29) is 0 Å². The molecular formula is C13H25NS. The van der Waals surface area contributed by atoms with Crippen LogP contribution in [0.5, 0.6) is 0 Å². The van der Waals surface area contributed by atoms with Crippen molar-refractivity contribution in [1.82, 2.24) is 5.32 Å². The Labute approximate surface area is 99.4 Å². The minimum Gasteiger partial charge on any atom is -0.312 e. The lowest BCUT2D eigenvalue weighted by Gasteiger charge is -1.99. The lowest BCUT2D eigenvalue weighted by Crippen LogP contribution is -2.16. The van der Waals surface area contributed by atoms with Crippen molar-refractivity contribution < 1.29 is 0 Å². The van der Waals surface area contributed by atoms with Crippen molar-refractivity contribution in [3.8, 4) is 0 Å². The van der Waals surface area contributed by atoms with Gasteiger partial charge in [-0.05, 0) is 18.1 Å². The van der Waals surface area contributed by atoms with Crippen molar-refractivity contribution >= 4 is 11.8 Å². The smallest absolute Gasteiger partial charge is 0.0135 e. The molecule has 0 saturated heterocycles. The van der Waals surface area contributed by atoms with Gasteiger partial charge in [0.2, 0.25) is 0 Å². The van der Waals surface area contributed by atoms with Crippen LogP contribution in [0.2, 0.25) is 0 Å². The topological polar surface area (TPSA) is 12.0 Å². The molecule has 1 N–H and O–H groups in total. The first kappa shape index (κ1) is 14.8. The maximum absolute atomic E-state index is 3.39. The normalized spacial score (nSPS) is 12.3. The first-order chi connectivity index (χ1) is 7.27. The third-order valence-electron chi connectivity index (χ3n) is 1.85. The summed E-state index contributed by atoms with van der Waals surface area (Å²) in [7, 11) is 0. The molecule has 0 spiro atoms. The Hall–Kier alpha value is -0.210. The monoisotopic (exact) mass is 227 g/mol. The Bertz CT molecular complexity index is 173. The predicted octanol–water partition coefficient (Wildman–Crippen LogP) is 3.49. The van der Waals surface area contributed by atoms with Crippen LogP contribution in [0, 0.1) is 5.92 Å². The Balaban J connectivity index is 3.17. The molecule has 0 heterocycles. The van der Waals surface area contributed by atoms with Gasteiger partial charge in [-0.2, -0.15) is 11.8 Å². The molecule has 0 aromatic carbocycles. The third kappa shape index (κ3) is 13.8. The van der Waals surface area contributed by atoms with Crippen LogP contribution in [0.1, 0.15) is 27.2 Å². The van der Waals surface area contributed by atoms with Gasteiger partial charge in [-0.15, -0.1) is 0 Å². The molecule has 0 fully saturated rings.